The van der Waals surface area contributed by atoms with Gasteiger partial charge in [0.05, 0.1) is 16.8 Å². The van der Waals surface area contributed by atoms with Gasteiger partial charge >= 0.3 is 0 Å². The molecule has 0 aliphatic carbocycles. The van der Waals surface area contributed by atoms with Gasteiger partial charge in [0.1, 0.15) is 0 Å². The zero-order valence-electron chi connectivity index (χ0n) is 11.7. The highest BCUT2D eigenvalue weighted by Gasteiger charge is 2.16. The minimum absolute atomic E-state index is 0.232. The van der Waals surface area contributed by atoms with Gasteiger partial charge in [0.25, 0.3) is 10.0 Å². The van der Waals surface area contributed by atoms with Crippen LogP contribution in [0.2, 0.25) is 0 Å². The molecule has 0 amide bonds. The third kappa shape index (κ3) is 3.08. The number of nitrogens with zero attached hydrogens (tertiary/aromatic N) is 2. The molecule has 0 bridgehead atoms. The van der Waals surface area contributed by atoms with Crippen LogP contribution in [0.15, 0.2) is 47.6 Å². The fourth-order valence-electron chi connectivity index (χ4n) is 1.88. The maximum Gasteiger partial charge on any atom is 0.262 e. The molecule has 1 aromatic carbocycles. The van der Waals surface area contributed by atoms with E-state index < -0.39 is 10.0 Å². The molecule has 20 heavy (non-hydrogen) atoms. The first kappa shape index (κ1) is 14.3. The van der Waals surface area contributed by atoms with Crippen molar-refractivity contribution in [3.05, 3.63) is 48.3 Å². The Hall–Kier alpha value is -2.08. The molecule has 0 saturated heterocycles. The quantitative estimate of drug-likeness (QED) is 0.938. The van der Waals surface area contributed by atoms with Crippen molar-refractivity contribution in [1.29, 1.82) is 0 Å². The third-order valence-corrected chi connectivity index (χ3v) is 4.27. The second-order valence-corrected chi connectivity index (χ2v) is 6.37. The van der Waals surface area contributed by atoms with E-state index in [1.165, 1.54) is 6.20 Å². The molecule has 106 valence electrons. The standard InChI is InChI=1S/C14H17N3O2S/c1-11-6-7-13(9-14(11)17(2)3)20(18,19)16-12-5-4-8-15-10-12/h4-10,16H,1-3H3. The predicted molar refractivity (Wildman–Crippen MR) is 80.6 cm³/mol. The van der Waals surface area contributed by atoms with Gasteiger partial charge < -0.3 is 4.90 Å². The molecule has 0 atom stereocenters. The number of pyridine rings is 1. The van der Waals surface area contributed by atoms with Gasteiger partial charge in [-0.05, 0) is 36.8 Å². The Morgan fingerprint density at radius 1 is 1.20 bits per heavy atom. The van der Waals surface area contributed by atoms with Crippen molar-refractivity contribution in [2.45, 2.75) is 11.8 Å². The summed E-state index contributed by atoms with van der Waals surface area (Å²) in [5.74, 6) is 0. The number of anilines is 2. The van der Waals surface area contributed by atoms with Gasteiger partial charge in [-0.2, -0.15) is 0 Å². The maximum absolute atomic E-state index is 12.3. The number of rotatable bonds is 4. The molecule has 2 rings (SSSR count). The monoisotopic (exact) mass is 291 g/mol. The van der Waals surface area contributed by atoms with Crippen molar-refractivity contribution < 1.29 is 8.42 Å². The molecule has 0 aliphatic rings. The molecule has 2 aromatic rings. The number of aromatic nitrogens is 1. The van der Waals surface area contributed by atoms with Gasteiger partial charge in [0, 0.05) is 26.0 Å². The number of sulfonamides is 1. The van der Waals surface area contributed by atoms with Gasteiger partial charge in [0.2, 0.25) is 0 Å². The molecular formula is C14H17N3O2S. The van der Waals surface area contributed by atoms with Crippen LogP contribution < -0.4 is 9.62 Å². The van der Waals surface area contributed by atoms with Crippen LogP contribution in [0.4, 0.5) is 11.4 Å². The SMILES string of the molecule is Cc1ccc(S(=O)(=O)Nc2cccnc2)cc1N(C)C. The van der Waals surface area contributed by atoms with Crippen LogP contribution in [-0.4, -0.2) is 27.5 Å². The smallest absolute Gasteiger partial charge is 0.262 e. The Bertz CT molecular complexity index is 698. The summed E-state index contributed by atoms with van der Waals surface area (Å²) in [6.07, 6.45) is 3.06. The molecule has 0 spiro atoms. The fourth-order valence-corrected chi connectivity index (χ4v) is 2.94. The van der Waals surface area contributed by atoms with E-state index in [4.69, 9.17) is 0 Å². The Kier molecular flexibility index (Phi) is 3.94. The number of hydrogen-bond donors (Lipinski definition) is 1. The minimum Gasteiger partial charge on any atom is -0.377 e. The number of nitrogens with one attached hydrogen (secondary N) is 1. The minimum atomic E-state index is -3.60. The van der Waals surface area contributed by atoms with E-state index in [9.17, 15) is 8.42 Å². The number of benzene rings is 1. The molecule has 1 aromatic heterocycles. The Labute approximate surface area is 119 Å². The summed E-state index contributed by atoms with van der Waals surface area (Å²) in [5.41, 5.74) is 2.34. The Balaban J connectivity index is 2.37. The van der Waals surface area contributed by atoms with E-state index in [0.29, 0.717) is 5.69 Å². The van der Waals surface area contributed by atoms with Crippen molar-refractivity contribution in [2.75, 3.05) is 23.7 Å². The van der Waals surface area contributed by atoms with Crippen LogP contribution >= 0.6 is 0 Å². The van der Waals surface area contributed by atoms with E-state index in [1.54, 1.807) is 36.5 Å². The van der Waals surface area contributed by atoms with E-state index >= 15 is 0 Å². The lowest BCUT2D eigenvalue weighted by Crippen LogP contribution is -2.15. The molecule has 0 aliphatic heterocycles. The average Bonchev–Trinajstić information content (AvgIpc) is 2.39. The average molecular weight is 291 g/mol. The molecule has 1 heterocycles. The third-order valence-electron chi connectivity index (χ3n) is 2.89. The molecule has 0 fully saturated rings. The van der Waals surface area contributed by atoms with E-state index in [-0.39, 0.29) is 4.90 Å². The van der Waals surface area contributed by atoms with E-state index in [0.717, 1.165) is 11.3 Å². The zero-order valence-corrected chi connectivity index (χ0v) is 12.5. The highest BCUT2D eigenvalue weighted by molar-refractivity contribution is 7.92. The van der Waals surface area contributed by atoms with E-state index in [1.807, 2.05) is 25.9 Å². The van der Waals surface area contributed by atoms with Crippen molar-refractivity contribution in [2.24, 2.45) is 0 Å². The lowest BCUT2D eigenvalue weighted by molar-refractivity contribution is 0.601. The van der Waals surface area contributed by atoms with Gasteiger partial charge in [-0.25, -0.2) is 8.42 Å². The first-order chi connectivity index (χ1) is 9.40. The first-order valence-electron chi connectivity index (χ1n) is 6.11. The van der Waals surface area contributed by atoms with Gasteiger partial charge in [-0.3, -0.25) is 9.71 Å². The zero-order chi connectivity index (χ0) is 14.8. The van der Waals surface area contributed by atoms with Crippen molar-refractivity contribution in [1.82, 2.24) is 4.98 Å². The highest BCUT2D eigenvalue weighted by Crippen LogP contribution is 2.23. The summed E-state index contributed by atoms with van der Waals surface area (Å²) in [6, 6.07) is 8.39. The maximum atomic E-state index is 12.3. The van der Waals surface area contributed by atoms with E-state index in [2.05, 4.69) is 9.71 Å². The topological polar surface area (TPSA) is 62.3 Å². The highest BCUT2D eigenvalue weighted by atomic mass is 32.2. The summed E-state index contributed by atoms with van der Waals surface area (Å²) >= 11 is 0. The summed E-state index contributed by atoms with van der Waals surface area (Å²) in [4.78, 5) is 6.01. The fraction of sp³-hybridized carbons (Fsp3) is 0.214. The molecule has 6 heteroatoms. The van der Waals surface area contributed by atoms with Crippen LogP contribution in [0.1, 0.15) is 5.56 Å². The molecule has 1 N–H and O–H groups in total. The molecular weight excluding hydrogens is 274 g/mol. The second-order valence-electron chi connectivity index (χ2n) is 4.69. The Morgan fingerprint density at radius 2 is 1.95 bits per heavy atom. The number of hydrogen-bond acceptors (Lipinski definition) is 4. The van der Waals surface area contributed by atoms with Gasteiger partial charge in [-0.1, -0.05) is 6.07 Å². The van der Waals surface area contributed by atoms with Crippen LogP contribution in [0, 0.1) is 6.92 Å². The first-order valence-corrected chi connectivity index (χ1v) is 7.59. The van der Waals surface area contributed by atoms with Crippen LogP contribution in [0.25, 0.3) is 0 Å². The summed E-state index contributed by atoms with van der Waals surface area (Å²) in [7, 11) is 0.162. The normalized spacial score (nSPS) is 11.2. The van der Waals surface area contributed by atoms with Crippen LogP contribution in [0.3, 0.4) is 0 Å². The van der Waals surface area contributed by atoms with Gasteiger partial charge in [-0.15, -0.1) is 0 Å². The second kappa shape index (κ2) is 5.50. The molecule has 5 nitrogen and oxygen atoms in total. The molecule has 0 unspecified atom stereocenters. The largest absolute Gasteiger partial charge is 0.377 e. The van der Waals surface area contributed by atoms with Crippen LogP contribution in [-0.2, 0) is 10.0 Å². The Morgan fingerprint density at radius 3 is 2.55 bits per heavy atom. The summed E-state index contributed by atoms with van der Waals surface area (Å²) < 4.78 is 27.2. The number of aryl methyl sites for hydroxylation is 1. The van der Waals surface area contributed by atoms with Crippen molar-refractivity contribution in [3.8, 4) is 0 Å². The molecule has 0 radical (unpaired) electrons. The summed E-state index contributed by atoms with van der Waals surface area (Å²) in [6.45, 7) is 1.94. The summed E-state index contributed by atoms with van der Waals surface area (Å²) in [5, 5.41) is 0. The molecule has 0 saturated carbocycles. The van der Waals surface area contributed by atoms with Crippen molar-refractivity contribution >= 4 is 21.4 Å². The lowest BCUT2D eigenvalue weighted by Gasteiger charge is -2.17. The van der Waals surface area contributed by atoms with Crippen LogP contribution in [0.5, 0.6) is 0 Å². The predicted octanol–water partition coefficient (Wildman–Crippen LogP) is 2.26. The lowest BCUT2D eigenvalue weighted by atomic mass is 10.2. The van der Waals surface area contributed by atoms with Crippen molar-refractivity contribution in [3.63, 3.8) is 0 Å². The van der Waals surface area contributed by atoms with Gasteiger partial charge in [0.15, 0.2) is 0 Å².